The number of benzene rings is 9. The highest BCUT2D eigenvalue weighted by Gasteiger charge is 2.38. The van der Waals surface area contributed by atoms with Gasteiger partial charge in [-0.3, -0.25) is 0 Å². The van der Waals surface area contributed by atoms with Crippen LogP contribution in [0.5, 0.6) is 0 Å². The SMILES string of the molecule is Cn1c(-c2ccccc2)c(-c2ccccc2)c(-c2ccc(-c3ccc(N(c4ccc5c(c4)C(C)(C)c4ccccc4-5)c4ccc5c(c4)C(C)(C)c4ccccc4-5)cc3)cc2)c1-c1ccccc1. The fourth-order valence-corrected chi connectivity index (χ4v) is 11.5. The molecule has 0 fully saturated rings. The first-order valence-electron chi connectivity index (χ1n) is 23.6. The summed E-state index contributed by atoms with van der Waals surface area (Å²) >= 11 is 0. The molecule has 67 heavy (non-hydrogen) atoms. The maximum absolute atomic E-state index is 2.46. The molecule has 2 aliphatic rings. The molecule has 322 valence electrons. The van der Waals surface area contributed by atoms with Crippen molar-refractivity contribution in [2.75, 3.05) is 4.90 Å². The van der Waals surface area contributed by atoms with Gasteiger partial charge in [0.05, 0.1) is 11.4 Å². The summed E-state index contributed by atoms with van der Waals surface area (Å²) in [6, 6.07) is 82.9. The van der Waals surface area contributed by atoms with Crippen molar-refractivity contribution >= 4 is 17.1 Å². The van der Waals surface area contributed by atoms with Gasteiger partial charge in [-0.15, -0.1) is 0 Å². The van der Waals surface area contributed by atoms with E-state index in [9.17, 15) is 0 Å². The third-order valence-electron chi connectivity index (χ3n) is 14.8. The van der Waals surface area contributed by atoms with Gasteiger partial charge in [0, 0.05) is 46.1 Å². The third kappa shape index (κ3) is 6.46. The lowest BCUT2D eigenvalue weighted by Crippen LogP contribution is -2.18. The van der Waals surface area contributed by atoms with E-state index in [0.29, 0.717) is 0 Å². The van der Waals surface area contributed by atoms with E-state index in [2.05, 4.69) is 269 Å². The van der Waals surface area contributed by atoms with Crippen molar-refractivity contribution in [3.05, 3.63) is 247 Å². The van der Waals surface area contributed by atoms with E-state index in [4.69, 9.17) is 0 Å². The van der Waals surface area contributed by atoms with Crippen LogP contribution < -0.4 is 4.90 Å². The highest BCUT2D eigenvalue weighted by atomic mass is 15.1. The van der Waals surface area contributed by atoms with Gasteiger partial charge >= 0.3 is 0 Å². The van der Waals surface area contributed by atoms with Crippen LogP contribution in [0.15, 0.2) is 224 Å². The topological polar surface area (TPSA) is 8.17 Å². The number of nitrogens with zero attached hydrogens (tertiary/aromatic N) is 2. The molecule has 0 aliphatic heterocycles. The summed E-state index contributed by atoms with van der Waals surface area (Å²) in [5.41, 5.74) is 26.0. The summed E-state index contributed by atoms with van der Waals surface area (Å²) in [6.07, 6.45) is 0. The molecule has 0 N–H and O–H groups in total. The normalized spacial score (nSPS) is 13.7. The van der Waals surface area contributed by atoms with E-state index in [1.54, 1.807) is 0 Å². The standard InChI is InChI=1S/C65H52N2/c1-64(2)56-27-17-15-25-52(56)54-39-37-50(41-58(54)64)67(51-38-40-55-53-26-16-18-28-57(53)65(3,4)59(55)42-51)49-35-33-44(34-36-49)43-29-31-46(32-30-43)61-60(45-19-9-6-10-20-45)62(47-21-11-7-12-22-47)66(5)63(61)48-23-13-8-14-24-48/h6-42H,1-5H3. The van der Waals surface area contributed by atoms with Gasteiger partial charge in [-0.25, -0.2) is 0 Å². The Hall–Kier alpha value is -7.94. The summed E-state index contributed by atoms with van der Waals surface area (Å²) in [5.74, 6) is 0. The Bertz CT molecular complexity index is 3380. The Morgan fingerprint density at radius 3 is 1.07 bits per heavy atom. The molecule has 10 aromatic rings. The highest BCUT2D eigenvalue weighted by Crippen LogP contribution is 2.54. The molecule has 0 bridgehead atoms. The van der Waals surface area contributed by atoms with Gasteiger partial charge in [0.15, 0.2) is 0 Å². The number of fused-ring (bicyclic) bond motifs is 6. The molecule has 1 aromatic heterocycles. The molecule has 0 amide bonds. The van der Waals surface area contributed by atoms with Crippen molar-refractivity contribution in [3.8, 4) is 78.1 Å². The fraction of sp³-hybridized carbons (Fsp3) is 0.108. The highest BCUT2D eigenvalue weighted by molar-refractivity contribution is 6.02. The molecule has 2 aliphatic carbocycles. The molecule has 2 nitrogen and oxygen atoms in total. The first-order valence-corrected chi connectivity index (χ1v) is 23.6. The summed E-state index contributed by atoms with van der Waals surface area (Å²) in [4.78, 5) is 2.46. The first-order chi connectivity index (χ1) is 32.7. The molecular formula is C65H52N2. The van der Waals surface area contributed by atoms with E-state index >= 15 is 0 Å². The maximum atomic E-state index is 2.46. The van der Waals surface area contributed by atoms with Gasteiger partial charge in [-0.2, -0.15) is 0 Å². The van der Waals surface area contributed by atoms with Crippen molar-refractivity contribution in [1.29, 1.82) is 0 Å². The van der Waals surface area contributed by atoms with E-state index in [1.807, 2.05) is 0 Å². The summed E-state index contributed by atoms with van der Waals surface area (Å²) in [7, 11) is 2.21. The van der Waals surface area contributed by atoms with E-state index < -0.39 is 0 Å². The van der Waals surface area contributed by atoms with Crippen LogP contribution in [-0.4, -0.2) is 4.57 Å². The van der Waals surface area contributed by atoms with Crippen LogP contribution in [0.25, 0.3) is 78.1 Å². The molecule has 0 spiro atoms. The van der Waals surface area contributed by atoms with Crippen molar-refractivity contribution in [1.82, 2.24) is 4.57 Å². The Morgan fingerprint density at radius 2 is 0.627 bits per heavy atom. The number of aromatic nitrogens is 1. The molecule has 0 unspecified atom stereocenters. The quantitative estimate of drug-likeness (QED) is 0.148. The van der Waals surface area contributed by atoms with Crippen molar-refractivity contribution < 1.29 is 0 Å². The van der Waals surface area contributed by atoms with Crippen LogP contribution in [0, 0.1) is 0 Å². The predicted octanol–water partition coefficient (Wildman–Crippen LogP) is 17.4. The van der Waals surface area contributed by atoms with Gasteiger partial charge in [0.2, 0.25) is 0 Å². The Morgan fingerprint density at radius 1 is 0.299 bits per heavy atom. The lowest BCUT2D eigenvalue weighted by atomic mass is 9.82. The van der Waals surface area contributed by atoms with E-state index in [-0.39, 0.29) is 10.8 Å². The van der Waals surface area contributed by atoms with Gasteiger partial charge in [-0.1, -0.05) is 216 Å². The third-order valence-corrected chi connectivity index (χ3v) is 14.8. The monoisotopic (exact) mass is 860 g/mol. The zero-order valence-electron chi connectivity index (χ0n) is 38.8. The fourth-order valence-electron chi connectivity index (χ4n) is 11.5. The molecule has 0 radical (unpaired) electrons. The Labute approximate surface area is 395 Å². The second-order valence-corrected chi connectivity index (χ2v) is 19.4. The summed E-state index contributed by atoms with van der Waals surface area (Å²) in [5, 5.41) is 0. The second-order valence-electron chi connectivity index (χ2n) is 19.4. The largest absolute Gasteiger partial charge is 0.343 e. The van der Waals surface area contributed by atoms with Gasteiger partial charge in [-0.05, 0) is 114 Å². The zero-order valence-corrected chi connectivity index (χ0v) is 38.8. The molecule has 0 atom stereocenters. The Balaban J connectivity index is 0.960. The number of hydrogen-bond acceptors (Lipinski definition) is 1. The maximum Gasteiger partial charge on any atom is 0.0568 e. The molecular weight excluding hydrogens is 809 g/mol. The molecule has 1 heterocycles. The van der Waals surface area contributed by atoms with Crippen molar-refractivity contribution in [2.24, 2.45) is 7.05 Å². The van der Waals surface area contributed by atoms with Gasteiger partial charge < -0.3 is 9.47 Å². The molecule has 12 rings (SSSR count). The Kier molecular flexibility index (Phi) is 9.45. The minimum Gasteiger partial charge on any atom is -0.343 e. The molecule has 0 saturated heterocycles. The van der Waals surface area contributed by atoms with Crippen LogP contribution in [0.3, 0.4) is 0 Å². The van der Waals surface area contributed by atoms with Crippen LogP contribution >= 0.6 is 0 Å². The van der Waals surface area contributed by atoms with Crippen LogP contribution in [-0.2, 0) is 17.9 Å². The average molecular weight is 861 g/mol. The summed E-state index contributed by atoms with van der Waals surface area (Å²) in [6.45, 7) is 9.47. The van der Waals surface area contributed by atoms with Crippen LogP contribution in [0.2, 0.25) is 0 Å². The first kappa shape index (κ1) is 40.6. The lowest BCUT2D eigenvalue weighted by Gasteiger charge is -2.30. The molecule has 0 saturated carbocycles. The number of hydrogen-bond donors (Lipinski definition) is 0. The van der Waals surface area contributed by atoms with E-state index in [0.717, 1.165) is 17.1 Å². The van der Waals surface area contributed by atoms with Crippen molar-refractivity contribution in [3.63, 3.8) is 0 Å². The number of anilines is 3. The minimum absolute atomic E-state index is 0.113. The average Bonchev–Trinajstić information content (AvgIpc) is 3.90. The van der Waals surface area contributed by atoms with Gasteiger partial charge in [0.25, 0.3) is 0 Å². The molecule has 9 aromatic carbocycles. The van der Waals surface area contributed by atoms with Gasteiger partial charge in [0.1, 0.15) is 0 Å². The smallest absolute Gasteiger partial charge is 0.0568 e. The second kappa shape index (κ2) is 15.6. The summed E-state index contributed by atoms with van der Waals surface area (Å²) < 4.78 is 2.39. The van der Waals surface area contributed by atoms with Crippen molar-refractivity contribution in [2.45, 2.75) is 38.5 Å². The minimum atomic E-state index is -0.113. The molecule has 2 heteroatoms. The predicted molar refractivity (Wildman–Crippen MR) is 282 cm³/mol. The van der Waals surface area contributed by atoms with Crippen LogP contribution in [0.1, 0.15) is 49.9 Å². The van der Waals surface area contributed by atoms with E-state index in [1.165, 1.54) is 100 Å². The number of rotatable bonds is 8. The lowest BCUT2D eigenvalue weighted by molar-refractivity contribution is 0.660. The zero-order chi connectivity index (χ0) is 45.4. The van der Waals surface area contributed by atoms with Crippen LogP contribution in [0.4, 0.5) is 17.1 Å².